The van der Waals surface area contributed by atoms with E-state index in [0.29, 0.717) is 22.8 Å². The van der Waals surface area contributed by atoms with E-state index in [0.717, 1.165) is 24.5 Å². The minimum absolute atomic E-state index is 0.129. The number of hydrogen-bond donors (Lipinski definition) is 2. The molecule has 1 aliphatic rings. The van der Waals surface area contributed by atoms with Gasteiger partial charge in [0.05, 0.1) is 4.88 Å². The minimum atomic E-state index is -5.12. The quantitative estimate of drug-likeness (QED) is 0.865. The summed E-state index contributed by atoms with van der Waals surface area (Å²) in [6, 6.07) is 4.27. The molecule has 1 fully saturated rings. The van der Waals surface area contributed by atoms with Crippen molar-refractivity contribution in [3.63, 3.8) is 0 Å². The Bertz CT molecular complexity index is 729. The number of carbonyl (C=O) groups is 1. The number of pyridine rings is 1. The standard InChI is InChI=1S/C16H15F3N2O2S/c17-16(18,19)15(23,13-2-1-5-24-13)14(22)21-8-10-6-12(9-20-7-10)11-3-4-11/h1-2,5-7,9,11,23H,3-4,8H2,(H,21,22)/t15-/m0/s1. The monoisotopic (exact) mass is 356 g/mol. The van der Waals surface area contributed by atoms with Gasteiger partial charge in [0.15, 0.2) is 0 Å². The van der Waals surface area contributed by atoms with Crippen LogP contribution in [0.3, 0.4) is 0 Å². The predicted molar refractivity (Wildman–Crippen MR) is 82.3 cm³/mol. The Morgan fingerprint density at radius 1 is 1.38 bits per heavy atom. The molecule has 24 heavy (non-hydrogen) atoms. The maximum absolute atomic E-state index is 13.3. The zero-order chi connectivity index (χ0) is 17.4. The predicted octanol–water partition coefficient (Wildman–Crippen LogP) is 3.09. The van der Waals surface area contributed by atoms with E-state index in [1.807, 2.05) is 6.07 Å². The fourth-order valence-corrected chi connectivity index (χ4v) is 3.26. The number of nitrogens with zero attached hydrogens (tertiary/aromatic N) is 1. The highest BCUT2D eigenvalue weighted by molar-refractivity contribution is 7.10. The van der Waals surface area contributed by atoms with Crippen LogP contribution in [0.4, 0.5) is 13.2 Å². The first-order valence-electron chi connectivity index (χ1n) is 7.37. The molecule has 1 atom stereocenters. The lowest BCUT2D eigenvalue weighted by atomic mass is 10.00. The molecule has 3 rings (SSSR count). The molecule has 128 valence electrons. The van der Waals surface area contributed by atoms with Gasteiger partial charge in [0.1, 0.15) is 0 Å². The highest BCUT2D eigenvalue weighted by Gasteiger charge is 2.61. The Kier molecular flexibility index (Phi) is 4.35. The maximum Gasteiger partial charge on any atom is 0.431 e. The fraction of sp³-hybridized carbons (Fsp3) is 0.375. The van der Waals surface area contributed by atoms with E-state index in [4.69, 9.17) is 0 Å². The number of thiophene rings is 1. The molecule has 2 N–H and O–H groups in total. The lowest BCUT2D eigenvalue weighted by molar-refractivity contribution is -0.255. The third kappa shape index (κ3) is 3.16. The number of nitrogens with one attached hydrogen (secondary N) is 1. The SMILES string of the molecule is O=C(NCc1cncc(C2CC2)c1)[C@@](O)(c1cccs1)C(F)(F)F. The largest absolute Gasteiger partial charge is 0.431 e. The van der Waals surface area contributed by atoms with Crippen molar-refractivity contribution in [2.24, 2.45) is 0 Å². The van der Waals surface area contributed by atoms with Crippen molar-refractivity contribution >= 4 is 17.2 Å². The number of aromatic nitrogens is 1. The smallest absolute Gasteiger partial charge is 0.368 e. The van der Waals surface area contributed by atoms with Gasteiger partial charge in [-0.3, -0.25) is 9.78 Å². The van der Waals surface area contributed by atoms with Gasteiger partial charge < -0.3 is 10.4 Å². The van der Waals surface area contributed by atoms with Gasteiger partial charge in [-0.25, -0.2) is 0 Å². The maximum atomic E-state index is 13.3. The van der Waals surface area contributed by atoms with E-state index in [2.05, 4.69) is 10.3 Å². The van der Waals surface area contributed by atoms with Crippen LogP contribution in [0, 0.1) is 0 Å². The van der Waals surface area contributed by atoms with Crippen molar-refractivity contribution in [1.82, 2.24) is 10.3 Å². The lowest BCUT2D eigenvalue weighted by Crippen LogP contribution is -2.53. The van der Waals surface area contributed by atoms with Gasteiger partial charge in [0, 0.05) is 18.9 Å². The van der Waals surface area contributed by atoms with Crippen LogP contribution < -0.4 is 5.32 Å². The average Bonchev–Trinajstić information content (AvgIpc) is 3.25. The first-order valence-corrected chi connectivity index (χ1v) is 8.25. The molecule has 2 aromatic heterocycles. The average molecular weight is 356 g/mol. The van der Waals surface area contributed by atoms with Crippen LogP contribution in [0.1, 0.15) is 34.8 Å². The lowest BCUT2D eigenvalue weighted by Gasteiger charge is -2.28. The van der Waals surface area contributed by atoms with Crippen molar-refractivity contribution in [2.45, 2.75) is 37.1 Å². The Morgan fingerprint density at radius 2 is 2.12 bits per heavy atom. The molecule has 0 aromatic carbocycles. The Balaban J connectivity index is 1.76. The number of aliphatic hydroxyl groups is 1. The van der Waals surface area contributed by atoms with Crippen LogP contribution in [0.2, 0.25) is 0 Å². The minimum Gasteiger partial charge on any atom is -0.368 e. The summed E-state index contributed by atoms with van der Waals surface area (Å²) in [4.78, 5) is 15.7. The van der Waals surface area contributed by atoms with Crippen molar-refractivity contribution in [3.8, 4) is 0 Å². The number of halogens is 3. The van der Waals surface area contributed by atoms with E-state index in [9.17, 15) is 23.1 Å². The number of carbonyl (C=O) groups excluding carboxylic acids is 1. The van der Waals surface area contributed by atoms with Gasteiger partial charge >= 0.3 is 6.18 Å². The molecule has 8 heteroatoms. The Labute approximate surface area is 140 Å². The van der Waals surface area contributed by atoms with Crippen molar-refractivity contribution < 1.29 is 23.1 Å². The summed E-state index contributed by atoms with van der Waals surface area (Å²) in [6.07, 6.45) is 0.244. The first kappa shape index (κ1) is 16.9. The summed E-state index contributed by atoms with van der Waals surface area (Å²) in [6.45, 7) is -0.129. The van der Waals surface area contributed by atoms with Crippen LogP contribution in [0.15, 0.2) is 36.0 Å². The van der Waals surface area contributed by atoms with Crippen LogP contribution in [-0.2, 0) is 16.9 Å². The molecule has 0 spiro atoms. The molecule has 1 amide bonds. The zero-order valence-electron chi connectivity index (χ0n) is 12.5. The van der Waals surface area contributed by atoms with Crippen molar-refractivity contribution in [1.29, 1.82) is 0 Å². The van der Waals surface area contributed by atoms with Crippen LogP contribution in [-0.4, -0.2) is 22.2 Å². The third-order valence-electron chi connectivity index (χ3n) is 3.93. The fourth-order valence-electron chi connectivity index (χ4n) is 2.42. The second-order valence-corrected chi connectivity index (χ2v) is 6.72. The molecule has 0 saturated heterocycles. The normalized spacial score (nSPS) is 17.3. The molecule has 1 aliphatic carbocycles. The highest BCUT2D eigenvalue weighted by atomic mass is 32.1. The molecule has 4 nitrogen and oxygen atoms in total. The van der Waals surface area contributed by atoms with E-state index < -0.39 is 22.6 Å². The van der Waals surface area contributed by atoms with Gasteiger partial charge in [0.2, 0.25) is 0 Å². The van der Waals surface area contributed by atoms with Crippen LogP contribution in [0.25, 0.3) is 0 Å². The van der Waals surface area contributed by atoms with E-state index in [1.54, 1.807) is 6.20 Å². The molecule has 2 heterocycles. The molecule has 1 saturated carbocycles. The number of alkyl halides is 3. The van der Waals surface area contributed by atoms with Gasteiger partial charge in [-0.1, -0.05) is 12.1 Å². The topological polar surface area (TPSA) is 62.2 Å². The van der Waals surface area contributed by atoms with Crippen molar-refractivity contribution in [2.75, 3.05) is 0 Å². The molecule has 0 unspecified atom stereocenters. The summed E-state index contributed by atoms with van der Waals surface area (Å²) < 4.78 is 39.9. The highest BCUT2D eigenvalue weighted by Crippen LogP contribution is 2.41. The summed E-state index contributed by atoms with van der Waals surface area (Å²) in [5.41, 5.74) is -1.93. The van der Waals surface area contributed by atoms with Gasteiger partial charge in [-0.2, -0.15) is 13.2 Å². The Morgan fingerprint density at radius 3 is 2.71 bits per heavy atom. The molecular formula is C16H15F3N2O2S. The molecule has 2 aromatic rings. The van der Waals surface area contributed by atoms with Crippen LogP contribution >= 0.6 is 11.3 Å². The summed E-state index contributed by atoms with van der Waals surface area (Å²) >= 11 is 0.678. The van der Waals surface area contributed by atoms with E-state index in [1.165, 1.54) is 17.6 Å². The second kappa shape index (κ2) is 6.18. The van der Waals surface area contributed by atoms with Gasteiger partial charge in [0.25, 0.3) is 11.5 Å². The van der Waals surface area contributed by atoms with E-state index in [-0.39, 0.29) is 6.54 Å². The van der Waals surface area contributed by atoms with Crippen molar-refractivity contribution in [3.05, 3.63) is 52.0 Å². The molecule has 0 bridgehead atoms. The van der Waals surface area contributed by atoms with Crippen LogP contribution in [0.5, 0.6) is 0 Å². The molecular weight excluding hydrogens is 341 g/mol. The number of amides is 1. The summed E-state index contributed by atoms with van der Waals surface area (Å²) in [7, 11) is 0. The van der Waals surface area contributed by atoms with Gasteiger partial charge in [-0.05, 0) is 41.3 Å². The third-order valence-corrected chi connectivity index (χ3v) is 4.91. The number of rotatable bonds is 5. The molecule has 0 aliphatic heterocycles. The second-order valence-electron chi connectivity index (χ2n) is 5.77. The Hall–Kier alpha value is -1.93. The summed E-state index contributed by atoms with van der Waals surface area (Å²) in [5, 5.41) is 13.6. The first-order chi connectivity index (χ1) is 11.3. The zero-order valence-corrected chi connectivity index (χ0v) is 13.3. The number of hydrogen-bond acceptors (Lipinski definition) is 4. The van der Waals surface area contributed by atoms with Gasteiger partial charge in [-0.15, -0.1) is 11.3 Å². The summed E-state index contributed by atoms with van der Waals surface area (Å²) in [5.74, 6) is -1.04. The van der Waals surface area contributed by atoms with E-state index >= 15 is 0 Å². The molecule has 0 radical (unpaired) electrons.